The molecule has 1 aliphatic heterocycles. The summed E-state index contributed by atoms with van der Waals surface area (Å²) in [6.45, 7) is 1.87. The molecule has 0 aromatic heterocycles. The smallest absolute Gasteiger partial charge is 0.226 e. The molecule has 3 N–H and O–H groups in total. The highest BCUT2D eigenvalue weighted by Gasteiger charge is 2.12. The zero-order chi connectivity index (χ0) is 7.56. The van der Waals surface area contributed by atoms with Gasteiger partial charge in [-0.15, -0.1) is 0 Å². The molecule has 0 aliphatic carbocycles. The summed E-state index contributed by atoms with van der Waals surface area (Å²) in [5, 5.41) is 2.89. The van der Waals surface area contributed by atoms with E-state index in [-0.39, 0.29) is 6.17 Å². The van der Waals surface area contributed by atoms with Gasteiger partial charge in [-0.2, -0.15) is 0 Å². The lowest BCUT2D eigenvalue weighted by atomic mass is 10.4. The van der Waals surface area contributed by atoms with Crippen LogP contribution in [-0.4, -0.2) is 19.2 Å². The van der Waals surface area contributed by atoms with Crippen LogP contribution in [0.2, 0.25) is 0 Å². The molecule has 0 fully saturated rings. The highest BCUT2D eigenvalue weighted by molar-refractivity contribution is 5.82. The maximum absolute atomic E-state index is 5.54. The number of nitrogens with one attached hydrogen (secondary N) is 1. The van der Waals surface area contributed by atoms with E-state index in [1.54, 1.807) is 13.3 Å². The third kappa shape index (κ3) is 1.27. The van der Waals surface area contributed by atoms with E-state index < -0.39 is 0 Å². The van der Waals surface area contributed by atoms with Crippen molar-refractivity contribution in [2.24, 2.45) is 10.7 Å². The lowest BCUT2D eigenvalue weighted by Crippen LogP contribution is -2.44. The highest BCUT2D eigenvalue weighted by atomic mass is 16.5. The van der Waals surface area contributed by atoms with Crippen LogP contribution in [0.15, 0.2) is 16.9 Å². The van der Waals surface area contributed by atoms with Gasteiger partial charge in [0.1, 0.15) is 0 Å². The van der Waals surface area contributed by atoms with E-state index in [4.69, 9.17) is 10.5 Å². The summed E-state index contributed by atoms with van der Waals surface area (Å²) in [6, 6.07) is 0. The van der Waals surface area contributed by atoms with Crippen LogP contribution in [0.4, 0.5) is 0 Å². The summed E-state index contributed by atoms with van der Waals surface area (Å²) in [7, 11) is 1.55. The Bertz CT molecular complexity index is 185. The van der Waals surface area contributed by atoms with Gasteiger partial charge in [0.05, 0.1) is 12.8 Å². The Hall–Kier alpha value is -1.03. The molecule has 1 atom stereocenters. The minimum absolute atomic E-state index is 0.298. The number of nitrogens with two attached hydrogens (primary N) is 1. The Morgan fingerprint density at radius 3 is 3.00 bits per heavy atom. The van der Waals surface area contributed by atoms with Crippen molar-refractivity contribution in [2.45, 2.75) is 13.1 Å². The number of methoxy groups -OCH3 is 1. The lowest BCUT2D eigenvalue weighted by molar-refractivity contribution is 0.372. The fourth-order valence-corrected chi connectivity index (χ4v) is 0.730. The molecule has 10 heavy (non-hydrogen) atoms. The minimum Gasteiger partial charge on any atom is -0.482 e. The summed E-state index contributed by atoms with van der Waals surface area (Å²) in [6.07, 6.45) is 1.46. The van der Waals surface area contributed by atoms with E-state index in [2.05, 4.69) is 10.3 Å². The van der Waals surface area contributed by atoms with E-state index in [1.165, 1.54) is 0 Å². The molecule has 0 aromatic rings. The van der Waals surface area contributed by atoms with Gasteiger partial charge in [-0.1, -0.05) is 0 Å². The van der Waals surface area contributed by atoms with Gasteiger partial charge in [-0.05, 0) is 6.92 Å². The lowest BCUT2D eigenvalue weighted by Gasteiger charge is -2.17. The molecule has 4 nitrogen and oxygen atoms in total. The Kier molecular flexibility index (Phi) is 1.91. The second-order valence-electron chi connectivity index (χ2n) is 2.08. The van der Waals surface area contributed by atoms with E-state index >= 15 is 0 Å². The second-order valence-corrected chi connectivity index (χ2v) is 2.08. The van der Waals surface area contributed by atoms with Crippen molar-refractivity contribution in [3.05, 3.63) is 11.9 Å². The maximum Gasteiger partial charge on any atom is 0.226 e. The molecule has 0 saturated heterocycles. The fourth-order valence-electron chi connectivity index (χ4n) is 0.730. The van der Waals surface area contributed by atoms with Crippen LogP contribution in [0.25, 0.3) is 0 Å². The van der Waals surface area contributed by atoms with Crippen LogP contribution in [0, 0.1) is 0 Å². The zero-order valence-electron chi connectivity index (χ0n) is 6.09. The van der Waals surface area contributed by atoms with Gasteiger partial charge in [0.15, 0.2) is 6.17 Å². The summed E-state index contributed by atoms with van der Waals surface area (Å²) in [5.74, 6) is 0.528. The van der Waals surface area contributed by atoms with Crippen molar-refractivity contribution in [3.63, 3.8) is 0 Å². The zero-order valence-corrected chi connectivity index (χ0v) is 6.09. The molecule has 0 radical (unpaired) electrons. The van der Waals surface area contributed by atoms with Crippen LogP contribution in [0.1, 0.15) is 6.92 Å². The molecule has 0 bridgehead atoms. The summed E-state index contributed by atoms with van der Waals surface area (Å²) < 4.78 is 4.90. The number of hydrogen-bond acceptors (Lipinski definition) is 4. The number of allylic oxidation sites excluding steroid dienone is 1. The van der Waals surface area contributed by atoms with Gasteiger partial charge in [-0.3, -0.25) is 0 Å². The first kappa shape index (κ1) is 7.08. The van der Waals surface area contributed by atoms with Crippen LogP contribution in [0.3, 0.4) is 0 Å². The van der Waals surface area contributed by atoms with Gasteiger partial charge in [0, 0.05) is 6.20 Å². The standard InChI is InChI=1S/C6H11N3O/c1-4-3-8-5(7)6(9-4)10-2/h3,5,8H,7H2,1-2H3. The minimum atomic E-state index is -0.298. The first-order valence-corrected chi connectivity index (χ1v) is 3.05. The first-order valence-electron chi connectivity index (χ1n) is 3.05. The molecule has 1 unspecified atom stereocenters. The average molecular weight is 141 g/mol. The number of hydrogen-bond donors (Lipinski definition) is 2. The highest BCUT2D eigenvalue weighted by Crippen LogP contribution is 2.00. The van der Waals surface area contributed by atoms with E-state index in [1.807, 2.05) is 6.92 Å². The van der Waals surface area contributed by atoms with Crippen LogP contribution in [0.5, 0.6) is 0 Å². The van der Waals surface area contributed by atoms with Gasteiger partial charge >= 0.3 is 0 Å². The van der Waals surface area contributed by atoms with Gasteiger partial charge in [0.25, 0.3) is 0 Å². The number of rotatable bonds is 0. The average Bonchev–Trinajstić information content (AvgIpc) is 1.94. The predicted octanol–water partition coefficient (Wildman–Crippen LogP) is -0.219. The van der Waals surface area contributed by atoms with Gasteiger partial charge < -0.3 is 15.8 Å². The van der Waals surface area contributed by atoms with Crippen molar-refractivity contribution in [2.75, 3.05) is 7.11 Å². The third-order valence-electron chi connectivity index (χ3n) is 1.23. The molecular formula is C6H11N3O. The number of ether oxygens (including phenoxy) is 1. The van der Waals surface area contributed by atoms with E-state index in [9.17, 15) is 0 Å². The quantitative estimate of drug-likeness (QED) is 0.490. The SMILES string of the molecule is COC1=NC(C)=CNC1N. The predicted molar refractivity (Wildman–Crippen MR) is 39.3 cm³/mol. The Morgan fingerprint density at radius 1 is 1.80 bits per heavy atom. The first-order chi connectivity index (χ1) is 4.74. The van der Waals surface area contributed by atoms with Crippen LogP contribution < -0.4 is 11.1 Å². The topological polar surface area (TPSA) is 59.6 Å². The maximum atomic E-state index is 5.54. The third-order valence-corrected chi connectivity index (χ3v) is 1.23. The Balaban J connectivity index is 2.73. The Labute approximate surface area is 59.8 Å². The molecule has 0 amide bonds. The molecule has 1 heterocycles. The molecule has 4 heteroatoms. The molecule has 0 spiro atoms. The monoisotopic (exact) mass is 141 g/mol. The molecule has 0 saturated carbocycles. The summed E-state index contributed by atoms with van der Waals surface area (Å²) >= 11 is 0. The van der Waals surface area contributed by atoms with Gasteiger partial charge in [0.2, 0.25) is 5.90 Å². The molecule has 1 rings (SSSR count). The molecule has 0 aromatic carbocycles. The second kappa shape index (κ2) is 2.70. The van der Waals surface area contributed by atoms with Crippen LogP contribution >= 0.6 is 0 Å². The normalized spacial score (nSPS) is 24.5. The Morgan fingerprint density at radius 2 is 2.50 bits per heavy atom. The number of nitrogens with zero attached hydrogens (tertiary/aromatic N) is 1. The summed E-state index contributed by atoms with van der Waals surface area (Å²) in [5.41, 5.74) is 6.41. The number of aliphatic imine (C=N–C) groups is 1. The van der Waals surface area contributed by atoms with Crippen molar-refractivity contribution >= 4 is 5.90 Å². The van der Waals surface area contributed by atoms with E-state index in [0.717, 1.165) is 5.70 Å². The molecule has 56 valence electrons. The van der Waals surface area contributed by atoms with Crippen molar-refractivity contribution in [1.29, 1.82) is 0 Å². The summed E-state index contributed by atoms with van der Waals surface area (Å²) in [4.78, 5) is 4.05. The molecular weight excluding hydrogens is 130 g/mol. The fraction of sp³-hybridized carbons (Fsp3) is 0.500. The van der Waals surface area contributed by atoms with Crippen molar-refractivity contribution in [3.8, 4) is 0 Å². The molecule has 1 aliphatic rings. The van der Waals surface area contributed by atoms with Crippen molar-refractivity contribution < 1.29 is 4.74 Å². The van der Waals surface area contributed by atoms with Crippen molar-refractivity contribution in [1.82, 2.24) is 5.32 Å². The van der Waals surface area contributed by atoms with E-state index in [0.29, 0.717) is 5.90 Å². The van der Waals surface area contributed by atoms with Crippen LogP contribution in [-0.2, 0) is 4.74 Å². The van der Waals surface area contributed by atoms with Gasteiger partial charge in [-0.25, -0.2) is 4.99 Å². The largest absolute Gasteiger partial charge is 0.482 e.